The molecule has 130 valence electrons. The minimum absolute atomic E-state index is 0.407. The zero-order valence-electron chi connectivity index (χ0n) is 15.2. The van der Waals surface area contributed by atoms with Crippen molar-refractivity contribution in [1.82, 2.24) is 19.7 Å². The van der Waals surface area contributed by atoms with E-state index in [1.54, 1.807) is 6.33 Å². The Kier molecular flexibility index (Phi) is 3.86. The van der Waals surface area contributed by atoms with Crippen LogP contribution in [0, 0.1) is 19.8 Å². The molecule has 0 saturated heterocycles. The Morgan fingerprint density at radius 3 is 2.84 bits per heavy atom. The number of imidazole rings is 1. The summed E-state index contributed by atoms with van der Waals surface area (Å²) >= 11 is 0. The fourth-order valence-corrected chi connectivity index (χ4v) is 3.90. The maximum Gasteiger partial charge on any atom is 0.122 e. The number of fused-ring (bicyclic) bond motifs is 1. The van der Waals surface area contributed by atoms with Gasteiger partial charge in [0.1, 0.15) is 5.75 Å². The number of H-pyrrole nitrogens is 1. The highest BCUT2D eigenvalue weighted by Crippen LogP contribution is 2.41. The van der Waals surface area contributed by atoms with Gasteiger partial charge in [0, 0.05) is 24.5 Å². The van der Waals surface area contributed by atoms with E-state index in [1.807, 2.05) is 17.9 Å². The number of nitrogens with zero attached hydrogens (tertiary/aromatic N) is 3. The largest absolute Gasteiger partial charge is 0.493 e. The maximum absolute atomic E-state index is 5.99. The van der Waals surface area contributed by atoms with Gasteiger partial charge < -0.3 is 9.72 Å². The van der Waals surface area contributed by atoms with E-state index in [0.29, 0.717) is 11.8 Å². The van der Waals surface area contributed by atoms with Gasteiger partial charge in [-0.25, -0.2) is 4.98 Å². The van der Waals surface area contributed by atoms with Crippen LogP contribution in [0.5, 0.6) is 5.75 Å². The van der Waals surface area contributed by atoms with Crippen LogP contribution in [0.3, 0.4) is 0 Å². The number of aryl methyl sites for hydroxylation is 2. The Bertz CT molecular complexity index is 895. The Hall–Kier alpha value is -2.56. The molecule has 3 aromatic rings. The van der Waals surface area contributed by atoms with Crippen molar-refractivity contribution in [1.29, 1.82) is 0 Å². The molecule has 4 rings (SSSR count). The van der Waals surface area contributed by atoms with E-state index in [9.17, 15) is 0 Å². The van der Waals surface area contributed by atoms with Crippen LogP contribution in [-0.2, 0) is 13.5 Å². The molecular weight excluding hydrogens is 312 g/mol. The summed E-state index contributed by atoms with van der Waals surface area (Å²) < 4.78 is 7.94. The second kappa shape index (κ2) is 6.06. The highest BCUT2D eigenvalue weighted by molar-refractivity contribution is 5.70. The summed E-state index contributed by atoms with van der Waals surface area (Å²) in [6.45, 7) is 7.21. The monoisotopic (exact) mass is 336 g/mol. The highest BCUT2D eigenvalue weighted by atomic mass is 16.5. The van der Waals surface area contributed by atoms with Gasteiger partial charge in [-0.05, 0) is 55.4 Å². The molecule has 1 aliphatic rings. The second-order valence-corrected chi connectivity index (χ2v) is 7.08. The molecule has 1 aliphatic heterocycles. The van der Waals surface area contributed by atoms with Gasteiger partial charge >= 0.3 is 0 Å². The molecule has 0 spiro atoms. The van der Waals surface area contributed by atoms with Crippen molar-refractivity contribution < 1.29 is 4.74 Å². The third-order valence-electron chi connectivity index (χ3n) is 5.38. The van der Waals surface area contributed by atoms with Gasteiger partial charge in [0.15, 0.2) is 0 Å². The summed E-state index contributed by atoms with van der Waals surface area (Å²) in [5.41, 5.74) is 7.07. The fraction of sp³-hybridized carbons (Fsp3) is 0.400. The molecule has 0 saturated carbocycles. The molecule has 2 aromatic heterocycles. The number of aromatic nitrogens is 4. The lowest BCUT2D eigenvalue weighted by Crippen LogP contribution is -2.25. The molecule has 0 unspecified atom stereocenters. The van der Waals surface area contributed by atoms with Crippen molar-refractivity contribution in [3.63, 3.8) is 0 Å². The molecule has 5 nitrogen and oxygen atoms in total. The SMILES string of the molecule is Cc1nn(C)c(C)c1-c1ccc2c(c1)[C@@H](Cc1c[nH]cn1)[C@@H](C)CO2. The average Bonchev–Trinajstić information content (AvgIpc) is 3.18. The molecule has 0 aliphatic carbocycles. The van der Waals surface area contributed by atoms with Gasteiger partial charge in [0.05, 0.1) is 24.3 Å². The number of hydrogen-bond acceptors (Lipinski definition) is 3. The first-order valence-corrected chi connectivity index (χ1v) is 8.79. The Labute approximate surface area is 148 Å². The molecule has 0 fully saturated rings. The summed E-state index contributed by atoms with van der Waals surface area (Å²) in [5.74, 6) is 1.86. The Morgan fingerprint density at radius 1 is 1.32 bits per heavy atom. The summed E-state index contributed by atoms with van der Waals surface area (Å²) in [7, 11) is 2.00. The maximum atomic E-state index is 5.99. The first-order chi connectivity index (χ1) is 12.0. The van der Waals surface area contributed by atoms with Crippen LogP contribution in [0.15, 0.2) is 30.7 Å². The molecule has 0 bridgehead atoms. The van der Waals surface area contributed by atoms with Gasteiger partial charge in [-0.2, -0.15) is 5.10 Å². The minimum atomic E-state index is 0.407. The summed E-state index contributed by atoms with van der Waals surface area (Å²) in [5, 5.41) is 4.57. The predicted octanol–water partition coefficient (Wildman–Crippen LogP) is 3.78. The zero-order chi connectivity index (χ0) is 17.6. The fourth-order valence-electron chi connectivity index (χ4n) is 3.90. The van der Waals surface area contributed by atoms with Gasteiger partial charge in [-0.1, -0.05) is 13.0 Å². The summed E-state index contributed by atoms with van der Waals surface area (Å²) in [4.78, 5) is 7.48. The molecular formula is C20H24N4O. The number of rotatable bonds is 3. The molecule has 2 atom stereocenters. The lowest BCUT2D eigenvalue weighted by Gasteiger charge is -2.31. The van der Waals surface area contributed by atoms with Crippen molar-refractivity contribution in [3.05, 3.63) is 53.4 Å². The zero-order valence-corrected chi connectivity index (χ0v) is 15.2. The van der Waals surface area contributed by atoms with Crippen molar-refractivity contribution in [2.45, 2.75) is 33.1 Å². The minimum Gasteiger partial charge on any atom is -0.493 e. The first kappa shape index (κ1) is 15.9. The summed E-state index contributed by atoms with van der Waals surface area (Å²) in [6, 6.07) is 6.55. The standard InChI is InChI=1S/C20H24N4O/c1-12-10-25-19-6-5-15(20-13(2)23-24(4)14(20)3)7-18(19)17(12)8-16-9-21-11-22-16/h5-7,9,11-12,17H,8,10H2,1-4H3,(H,21,22)/t12-,17-/m0/s1. The van der Waals surface area contributed by atoms with Crippen LogP contribution in [0.2, 0.25) is 0 Å². The van der Waals surface area contributed by atoms with E-state index < -0.39 is 0 Å². The van der Waals surface area contributed by atoms with Gasteiger partial charge in [0.2, 0.25) is 0 Å². The number of ether oxygens (including phenoxy) is 1. The van der Waals surface area contributed by atoms with Crippen LogP contribution in [0.4, 0.5) is 0 Å². The average molecular weight is 336 g/mol. The number of benzene rings is 1. The molecule has 25 heavy (non-hydrogen) atoms. The second-order valence-electron chi connectivity index (χ2n) is 7.08. The molecule has 1 N–H and O–H groups in total. The van der Waals surface area contributed by atoms with Crippen LogP contribution < -0.4 is 4.74 Å². The predicted molar refractivity (Wildman–Crippen MR) is 97.8 cm³/mol. The molecule has 1 aromatic carbocycles. The van der Waals surface area contributed by atoms with Crippen molar-refractivity contribution in [2.24, 2.45) is 13.0 Å². The number of hydrogen-bond donors (Lipinski definition) is 1. The van der Waals surface area contributed by atoms with Crippen LogP contribution >= 0.6 is 0 Å². The molecule has 5 heteroatoms. The van der Waals surface area contributed by atoms with E-state index in [2.05, 4.69) is 54.0 Å². The van der Waals surface area contributed by atoms with Crippen LogP contribution in [-0.4, -0.2) is 26.4 Å². The van der Waals surface area contributed by atoms with Crippen LogP contribution in [0.1, 0.15) is 35.5 Å². The summed E-state index contributed by atoms with van der Waals surface area (Å²) in [6.07, 6.45) is 4.66. The third-order valence-corrected chi connectivity index (χ3v) is 5.38. The van der Waals surface area contributed by atoms with Crippen LogP contribution in [0.25, 0.3) is 11.1 Å². The first-order valence-electron chi connectivity index (χ1n) is 8.79. The number of nitrogens with one attached hydrogen (secondary N) is 1. The van der Waals surface area contributed by atoms with Crippen molar-refractivity contribution in [2.75, 3.05) is 6.61 Å². The van der Waals surface area contributed by atoms with E-state index in [4.69, 9.17) is 4.74 Å². The van der Waals surface area contributed by atoms with Crippen molar-refractivity contribution >= 4 is 0 Å². The Balaban J connectivity index is 1.78. The Morgan fingerprint density at radius 2 is 2.16 bits per heavy atom. The lowest BCUT2D eigenvalue weighted by atomic mass is 9.81. The van der Waals surface area contributed by atoms with Crippen molar-refractivity contribution in [3.8, 4) is 16.9 Å². The lowest BCUT2D eigenvalue weighted by molar-refractivity contribution is 0.204. The van der Waals surface area contributed by atoms with Gasteiger partial charge in [-0.3, -0.25) is 4.68 Å². The van der Waals surface area contributed by atoms with E-state index in [0.717, 1.165) is 30.2 Å². The molecule has 3 heterocycles. The third kappa shape index (κ3) is 2.73. The normalized spacial score (nSPS) is 19.5. The molecule has 0 radical (unpaired) electrons. The van der Waals surface area contributed by atoms with E-state index in [-0.39, 0.29) is 0 Å². The smallest absolute Gasteiger partial charge is 0.122 e. The quantitative estimate of drug-likeness (QED) is 0.792. The topological polar surface area (TPSA) is 55.7 Å². The number of aromatic amines is 1. The van der Waals surface area contributed by atoms with E-state index >= 15 is 0 Å². The van der Waals surface area contributed by atoms with Gasteiger partial charge in [-0.15, -0.1) is 0 Å². The highest BCUT2D eigenvalue weighted by Gasteiger charge is 2.29. The van der Waals surface area contributed by atoms with E-state index in [1.165, 1.54) is 22.4 Å². The van der Waals surface area contributed by atoms with Gasteiger partial charge in [0.25, 0.3) is 0 Å². The molecule has 0 amide bonds.